The highest BCUT2D eigenvalue weighted by atomic mass is 16.5. The lowest BCUT2D eigenvalue weighted by Crippen LogP contribution is -2.46. The number of ether oxygens (including phenoxy) is 1. The van der Waals surface area contributed by atoms with Crippen molar-refractivity contribution in [3.63, 3.8) is 0 Å². The zero-order chi connectivity index (χ0) is 19.1. The van der Waals surface area contributed by atoms with Crippen LogP contribution in [0.3, 0.4) is 0 Å². The number of benzene rings is 1. The first kappa shape index (κ1) is 19.7. The number of anilines is 1. The van der Waals surface area contributed by atoms with Gasteiger partial charge in [0.05, 0.1) is 6.61 Å². The molecule has 1 aromatic rings. The summed E-state index contributed by atoms with van der Waals surface area (Å²) < 4.78 is 5.20. The molecule has 1 N–H and O–H groups in total. The number of para-hydroxylation sites is 1. The van der Waals surface area contributed by atoms with Crippen molar-refractivity contribution in [3.05, 3.63) is 29.8 Å². The van der Waals surface area contributed by atoms with Crippen LogP contribution in [0.1, 0.15) is 44.1 Å². The summed E-state index contributed by atoms with van der Waals surface area (Å²) in [6.45, 7) is 3.51. The molecule has 27 heavy (non-hydrogen) atoms. The van der Waals surface area contributed by atoms with Gasteiger partial charge in [-0.05, 0) is 31.7 Å². The molecule has 0 unspecified atom stereocenters. The molecule has 0 bridgehead atoms. The van der Waals surface area contributed by atoms with Crippen LogP contribution in [0.15, 0.2) is 24.3 Å². The summed E-state index contributed by atoms with van der Waals surface area (Å²) in [5, 5.41) is 2.99. The highest BCUT2D eigenvalue weighted by molar-refractivity contribution is 5.90. The Bertz CT molecular complexity index is 633. The lowest BCUT2D eigenvalue weighted by Gasteiger charge is -2.34. The average molecular weight is 373 g/mol. The quantitative estimate of drug-likeness (QED) is 0.879. The van der Waals surface area contributed by atoms with Gasteiger partial charge in [0.15, 0.2) is 0 Å². The second kappa shape index (κ2) is 9.74. The van der Waals surface area contributed by atoms with Crippen molar-refractivity contribution in [1.82, 2.24) is 9.80 Å². The second-order valence-electron chi connectivity index (χ2n) is 7.52. The third-order valence-corrected chi connectivity index (χ3v) is 5.61. The van der Waals surface area contributed by atoms with Crippen LogP contribution in [-0.4, -0.2) is 55.0 Å². The van der Waals surface area contributed by atoms with Gasteiger partial charge in [-0.15, -0.1) is 0 Å². The number of carbonyl (C=O) groups excluding carboxylic acids is 2. The minimum absolute atomic E-state index is 0.0629. The maximum Gasteiger partial charge on any atom is 0.321 e. The Hall–Kier alpha value is -2.08. The van der Waals surface area contributed by atoms with Crippen LogP contribution in [0.5, 0.6) is 0 Å². The van der Waals surface area contributed by atoms with E-state index in [0.717, 1.165) is 50.0 Å². The van der Waals surface area contributed by atoms with Crippen molar-refractivity contribution >= 4 is 17.6 Å². The fourth-order valence-corrected chi connectivity index (χ4v) is 4.00. The molecule has 0 atom stereocenters. The standard InChI is InChI=1S/C21H31N3O3/c1-27-16-18-8-4-5-9-19(18)22-21(26)24-14-10-17(11-15-24)20(25)23-12-6-2-3-7-13-23/h4-5,8-9,17H,2-3,6-7,10-16H2,1H3,(H,22,26). The summed E-state index contributed by atoms with van der Waals surface area (Å²) in [6.07, 6.45) is 6.20. The van der Waals surface area contributed by atoms with E-state index >= 15 is 0 Å². The summed E-state index contributed by atoms with van der Waals surface area (Å²) in [4.78, 5) is 29.3. The molecular weight excluding hydrogens is 342 g/mol. The molecule has 148 valence electrons. The predicted molar refractivity (Wildman–Crippen MR) is 106 cm³/mol. The number of likely N-dealkylation sites (tertiary alicyclic amines) is 2. The van der Waals surface area contributed by atoms with E-state index in [-0.39, 0.29) is 11.9 Å². The van der Waals surface area contributed by atoms with Gasteiger partial charge in [0.1, 0.15) is 0 Å². The van der Waals surface area contributed by atoms with Crippen molar-refractivity contribution < 1.29 is 14.3 Å². The number of urea groups is 1. The molecule has 2 saturated heterocycles. The molecule has 0 saturated carbocycles. The average Bonchev–Trinajstić information content (AvgIpc) is 2.99. The van der Waals surface area contributed by atoms with Crippen LogP contribution in [0, 0.1) is 5.92 Å². The van der Waals surface area contributed by atoms with Gasteiger partial charge in [0.25, 0.3) is 0 Å². The van der Waals surface area contributed by atoms with Crippen LogP contribution in [-0.2, 0) is 16.1 Å². The Morgan fingerprint density at radius 1 is 1.00 bits per heavy atom. The lowest BCUT2D eigenvalue weighted by molar-refractivity contribution is -0.136. The van der Waals surface area contributed by atoms with Gasteiger partial charge in [-0.1, -0.05) is 31.0 Å². The molecular formula is C21H31N3O3. The first-order valence-electron chi connectivity index (χ1n) is 10.1. The summed E-state index contributed by atoms with van der Waals surface area (Å²) in [6, 6.07) is 7.58. The minimum Gasteiger partial charge on any atom is -0.380 e. The molecule has 2 aliphatic rings. The third kappa shape index (κ3) is 5.22. The molecule has 6 heteroatoms. The van der Waals surface area contributed by atoms with Gasteiger partial charge in [0.2, 0.25) is 5.91 Å². The number of piperidine rings is 1. The second-order valence-corrected chi connectivity index (χ2v) is 7.52. The van der Waals surface area contributed by atoms with E-state index in [1.54, 1.807) is 7.11 Å². The van der Waals surface area contributed by atoms with Crippen molar-refractivity contribution in [2.45, 2.75) is 45.1 Å². The number of hydrogen-bond acceptors (Lipinski definition) is 3. The SMILES string of the molecule is COCc1ccccc1NC(=O)N1CCC(C(=O)N2CCCCCC2)CC1. The molecule has 2 fully saturated rings. The van der Waals surface area contributed by atoms with Gasteiger partial charge >= 0.3 is 6.03 Å². The zero-order valence-electron chi connectivity index (χ0n) is 16.3. The fraction of sp³-hybridized carbons (Fsp3) is 0.619. The van der Waals surface area contributed by atoms with Crippen molar-refractivity contribution in [2.24, 2.45) is 5.92 Å². The van der Waals surface area contributed by atoms with E-state index in [0.29, 0.717) is 25.6 Å². The normalized spacial score (nSPS) is 18.9. The number of nitrogens with one attached hydrogen (secondary N) is 1. The number of methoxy groups -OCH3 is 1. The fourth-order valence-electron chi connectivity index (χ4n) is 4.00. The lowest BCUT2D eigenvalue weighted by atomic mass is 9.95. The molecule has 0 spiro atoms. The monoisotopic (exact) mass is 373 g/mol. The Balaban J connectivity index is 1.51. The number of carbonyl (C=O) groups is 2. The van der Waals surface area contributed by atoms with Crippen molar-refractivity contribution in [2.75, 3.05) is 38.6 Å². The van der Waals surface area contributed by atoms with E-state index < -0.39 is 0 Å². The van der Waals surface area contributed by atoms with Gasteiger partial charge < -0.3 is 19.9 Å². The van der Waals surface area contributed by atoms with Crippen LogP contribution >= 0.6 is 0 Å². The van der Waals surface area contributed by atoms with E-state index in [2.05, 4.69) is 5.32 Å². The largest absolute Gasteiger partial charge is 0.380 e. The Labute approximate surface area is 161 Å². The van der Waals surface area contributed by atoms with Crippen LogP contribution in [0.4, 0.5) is 10.5 Å². The predicted octanol–water partition coefficient (Wildman–Crippen LogP) is 3.48. The number of amides is 3. The molecule has 2 aliphatic heterocycles. The number of nitrogens with zero attached hydrogens (tertiary/aromatic N) is 2. The zero-order valence-corrected chi connectivity index (χ0v) is 16.3. The third-order valence-electron chi connectivity index (χ3n) is 5.61. The maximum absolute atomic E-state index is 12.8. The minimum atomic E-state index is -0.0979. The highest BCUT2D eigenvalue weighted by Crippen LogP contribution is 2.23. The molecule has 1 aromatic carbocycles. The topological polar surface area (TPSA) is 61.9 Å². The van der Waals surface area contributed by atoms with E-state index in [4.69, 9.17) is 4.74 Å². The molecule has 0 aliphatic carbocycles. The van der Waals surface area contributed by atoms with Crippen LogP contribution in [0.25, 0.3) is 0 Å². The molecule has 0 radical (unpaired) electrons. The highest BCUT2D eigenvalue weighted by Gasteiger charge is 2.30. The molecule has 2 heterocycles. The smallest absolute Gasteiger partial charge is 0.321 e. The van der Waals surface area contributed by atoms with Gasteiger partial charge in [0, 0.05) is 50.5 Å². The van der Waals surface area contributed by atoms with Crippen molar-refractivity contribution in [1.29, 1.82) is 0 Å². The molecule has 3 rings (SSSR count). The first-order chi connectivity index (χ1) is 13.2. The summed E-state index contributed by atoms with van der Waals surface area (Å²) in [5.74, 6) is 0.357. The van der Waals surface area contributed by atoms with Gasteiger partial charge in [-0.25, -0.2) is 4.79 Å². The molecule has 6 nitrogen and oxygen atoms in total. The Kier molecular flexibility index (Phi) is 7.10. The van der Waals surface area contributed by atoms with E-state index in [9.17, 15) is 9.59 Å². The van der Waals surface area contributed by atoms with Crippen LogP contribution < -0.4 is 5.32 Å². The first-order valence-corrected chi connectivity index (χ1v) is 10.1. The summed E-state index contributed by atoms with van der Waals surface area (Å²) >= 11 is 0. The number of hydrogen-bond donors (Lipinski definition) is 1. The van der Waals surface area contributed by atoms with Gasteiger partial charge in [-0.2, -0.15) is 0 Å². The maximum atomic E-state index is 12.8. The van der Waals surface area contributed by atoms with E-state index in [1.165, 1.54) is 12.8 Å². The summed E-state index contributed by atoms with van der Waals surface area (Å²) in [5.41, 5.74) is 1.74. The Morgan fingerprint density at radius 2 is 1.67 bits per heavy atom. The summed E-state index contributed by atoms with van der Waals surface area (Å²) in [7, 11) is 1.64. The Morgan fingerprint density at radius 3 is 2.33 bits per heavy atom. The van der Waals surface area contributed by atoms with E-state index in [1.807, 2.05) is 34.1 Å². The van der Waals surface area contributed by atoms with Crippen LogP contribution in [0.2, 0.25) is 0 Å². The molecule has 3 amide bonds. The molecule has 0 aromatic heterocycles. The van der Waals surface area contributed by atoms with Crippen molar-refractivity contribution in [3.8, 4) is 0 Å². The number of rotatable bonds is 4. The van der Waals surface area contributed by atoms with Gasteiger partial charge in [-0.3, -0.25) is 4.79 Å².